The van der Waals surface area contributed by atoms with Gasteiger partial charge in [0.15, 0.2) is 0 Å². The van der Waals surface area contributed by atoms with E-state index >= 15 is 0 Å². The first-order valence-corrected chi connectivity index (χ1v) is 11.4. The Hall–Kier alpha value is -3.68. The summed E-state index contributed by atoms with van der Waals surface area (Å²) in [6.07, 6.45) is -0.0961. The molecule has 3 aromatic rings. The Labute approximate surface area is 203 Å². The maximum absolute atomic E-state index is 13.3. The van der Waals surface area contributed by atoms with E-state index in [0.29, 0.717) is 28.7 Å². The Morgan fingerprint density at radius 2 is 1.77 bits per heavy atom. The Morgan fingerprint density at radius 1 is 1.11 bits per heavy atom. The fraction of sp³-hybridized carbons (Fsp3) is 0.370. The van der Waals surface area contributed by atoms with E-state index in [1.807, 2.05) is 13.8 Å². The second-order valence-electron chi connectivity index (χ2n) is 9.46. The lowest BCUT2D eigenvalue weighted by atomic mass is 9.99. The number of aryl methyl sites for hydroxylation is 1. The zero-order valence-electron chi connectivity index (χ0n) is 20.7. The van der Waals surface area contributed by atoms with E-state index in [2.05, 4.69) is 5.32 Å². The van der Waals surface area contributed by atoms with Gasteiger partial charge in [-0.1, -0.05) is 32.4 Å². The summed E-state index contributed by atoms with van der Waals surface area (Å²) in [6, 6.07) is 9.11. The van der Waals surface area contributed by atoms with Gasteiger partial charge in [-0.05, 0) is 63.4 Å². The topological polar surface area (TPSA) is 94.8 Å². The molecule has 1 N–H and O–H groups in total. The molecule has 0 aliphatic carbocycles. The molecule has 2 atom stereocenters. The van der Waals surface area contributed by atoms with Crippen molar-refractivity contribution in [2.75, 3.05) is 0 Å². The molecule has 186 valence electrons. The first kappa shape index (κ1) is 25.9. The zero-order chi connectivity index (χ0) is 25.9. The highest BCUT2D eigenvalue weighted by molar-refractivity contribution is 5.86. The molecule has 0 saturated carbocycles. The van der Waals surface area contributed by atoms with Crippen LogP contribution in [-0.4, -0.2) is 23.7 Å². The molecular weight excluding hydrogens is 453 g/mol. The highest BCUT2D eigenvalue weighted by Gasteiger charge is 2.30. The van der Waals surface area contributed by atoms with Crippen LogP contribution in [0, 0.1) is 18.7 Å². The Balaban J connectivity index is 1.88. The summed E-state index contributed by atoms with van der Waals surface area (Å²) in [5.41, 5.74) is 0.121. The quantitative estimate of drug-likeness (QED) is 0.354. The fourth-order valence-corrected chi connectivity index (χ4v) is 3.58. The second kappa shape index (κ2) is 10.3. The van der Waals surface area contributed by atoms with Crippen molar-refractivity contribution in [3.63, 3.8) is 0 Å². The molecule has 0 aliphatic heterocycles. The number of ether oxygens (including phenoxy) is 2. The normalized spacial score (nSPS) is 13.2. The number of hydrogen-bond acceptors (Lipinski definition) is 6. The standard InChI is InChI=1S/C27H30FNO6/c1-7-15(2)23(29-26(32)35-27(4,5)6)25(31)34-19-12-13-20-21(14-19)33-16(3)22(24(20)30)17-8-10-18(28)11-9-17/h8-15,23H,7H2,1-6H3,(H,29,32)/t15-,23+/m0/s1. The number of rotatable bonds is 6. The van der Waals surface area contributed by atoms with Crippen molar-refractivity contribution < 1.29 is 27.9 Å². The number of carbonyl (C=O) groups excluding carboxylic acids is 2. The van der Waals surface area contributed by atoms with Crippen LogP contribution < -0.4 is 15.5 Å². The van der Waals surface area contributed by atoms with Crippen LogP contribution in [0.3, 0.4) is 0 Å². The summed E-state index contributed by atoms with van der Waals surface area (Å²) in [5.74, 6) is -0.763. The Morgan fingerprint density at radius 3 is 2.37 bits per heavy atom. The molecule has 1 heterocycles. The van der Waals surface area contributed by atoms with Crippen molar-refractivity contribution >= 4 is 23.0 Å². The molecule has 0 aliphatic rings. The van der Waals surface area contributed by atoms with E-state index < -0.39 is 29.5 Å². The van der Waals surface area contributed by atoms with Crippen LogP contribution in [0.5, 0.6) is 5.75 Å². The van der Waals surface area contributed by atoms with Crippen molar-refractivity contribution in [2.45, 2.75) is 59.6 Å². The molecule has 0 radical (unpaired) electrons. The highest BCUT2D eigenvalue weighted by atomic mass is 19.1. The largest absolute Gasteiger partial charge is 0.460 e. The van der Waals surface area contributed by atoms with E-state index in [4.69, 9.17) is 13.9 Å². The predicted molar refractivity (Wildman–Crippen MR) is 131 cm³/mol. The molecule has 0 bridgehead atoms. The molecule has 2 aromatic carbocycles. The van der Waals surface area contributed by atoms with Crippen LogP contribution in [-0.2, 0) is 9.53 Å². The van der Waals surface area contributed by atoms with Crippen molar-refractivity contribution in [3.05, 3.63) is 64.3 Å². The lowest BCUT2D eigenvalue weighted by Gasteiger charge is -2.25. The molecule has 8 heteroatoms. The van der Waals surface area contributed by atoms with E-state index in [1.165, 1.54) is 42.5 Å². The third kappa shape index (κ3) is 6.26. The molecule has 1 amide bonds. The minimum absolute atomic E-state index is 0.166. The third-order valence-corrected chi connectivity index (χ3v) is 5.53. The molecule has 0 fully saturated rings. The van der Waals surface area contributed by atoms with Gasteiger partial charge in [-0.2, -0.15) is 0 Å². The molecule has 7 nitrogen and oxygen atoms in total. The van der Waals surface area contributed by atoms with Crippen LogP contribution in [0.2, 0.25) is 0 Å². The number of fused-ring (bicyclic) bond motifs is 1. The second-order valence-corrected chi connectivity index (χ2v) is 9.46. The van der Waals surface area contributed by atoms with Crippen LogP contribution in [0.15, 0.2) is 51.7 Å². The van der Waals surface area contributed by atoms with Gasteiger partial charge >= 0.3 is 12.1 Å². The van der Waals surface area contributed by atoms with Gasteiger partial charge in [-0.25, -0.2) is 14.0 Å². The average Bonchev–Trinajstić information content (AvgIpc) is 2.76. The lowest BCUT2D eigenvalue weighted by molar-refractivity contribution is -0.138. The van der Waals surface area contributed by atoms with Crippen molar-refractivity contribution in [2.24, 2.45) is 5.92 Å². The number of esters is 1. The summed E-state index contributed by atoms with van der Waals surface area (Å²) in [4.78, 5) is 38.3. The van der Waals surface area contributed by atoms with Crippen LogP contribution in [0.4, 0.5) is 9.18 Å². The number of alkyl carbamates (subject to hydrolysis) is 1. The van der Waals surface area contributed by atoms with Gasteiger partial charge in [-0.3, -0.25) is 4.79 Å². The average molecular weight is 484 g/mol. The van der Waals surface area contributed by atoms with E-state index in [-0.39, 0.29) is 22.7 Å². The molecule has 35 heavy (non-hydrogen) atoms. The van der Waals surface area contributed by atoms with E-state index in [1.54, 1.807) is 27.7 Å². The fourth-order valence-electron chi connectivity index (χ4n) is 3.58. The minimum Gasteiger partial charge on any atom is -0.460 e. The molecule has 3 rings (SSSR count). The summed E-state index contributed by atoms with van der Waals surface area (Å²) < 4.78 is 30.0. The first-order chi connectivity index (χ1) is 16.4. The number of halogens is 1. The van der Waals surface area contributed by atoms with Crippen molar-refractivity contribution in [3.8, 4) is 16.9 Å². The first-order valence-electron chi connectivity index (χ1n) is 11.4. The summed E-state index contributed by atoms with van der Waals surface area (Å²) in [6.45, 7) is 10.6. The summed E-state index contributed by atoms with van der Waals surface area (Å²) >= 11 is 0. The predicted octanol–water partition coefficient (Wildman–Crippen LogP) is 5.75. The van der Waals surface area contributed by atoms with E-state index in [0.717, 1.165) is 0 Å². The maximum Gasteiger partial charge on any atom is 0.408 e. The number of hydrogen-bond donors (Lipinski definition) is 1. The summed E-state index contributed by atoms with van der Waals surface area (Å²) in [5, 5.41) is 2.89. The molecule has 0 spiro atoms. The van der Waals surface area contributed by atoms with Crippen LogP contribution in [0.1, 0.15) is 46.8 Å². The molecule has 0 saturated heterocycles. The number of carbonyl (C=O) groups is 2. The van der Waals surface area contributed by atoms with Crippen molar-refractivity contribution in [1.82, 2.24) is 5.32 Å². The molecule has 1 aromatic heterocycles. The number of benzene rings is 2. The molecular formula is C27H30FNO6. The monoisotopic (exact) mass is 483 g/mol. The minimum atomic E-state index is -0.930. The smallest absolute Gasteiger partial charge is 0.408 e. The zero-order valence-corrected chi connectivity index (χ0v) is 20.7. The lowest BCUT2D eigenvalue weighted by Crippen LogP contribution is -2.48. The Kier molecular flexibility index (Phi) is 7.63. The Bertz CT molecular complexity index is 1290. The van der Waals surface area contributed by atoms with Crippen LogP contribution >= 0.6 is 0 Å². The van der Waals surface area contributed by atoms with Gasteiger partial charge in [0.05, 0.1) is 10.9 Å². The van der Waals surface area contributed by atoms with Gasteiger partial charge in [0.2, 0.25) is 5.43 Å². The van der Waals surface area contributed by atoms with Crippen LogP contribution in [0.25, 0.3) is 22.1 Å². The van der Waals surface area contributed by atoms with Crippen molar-refractivity contribution in [1.29, 1.82) is 0 Å². The van der Waals surface area contributed by atoms with E-state index in [9.17, 15) is 18.8 Å². The van der Waals surface area contributed by atoms with Gasteiger partial charge in [0.1, 0.15) is 34.6 Å². The van der Waals surface area contributed by atoms with Gasteiger partial charge in [0, 0.05) is 6.07 Å². The molecule has 0 unspecified atom stereocenters. The van der Waals surface area contributed by atoms with Gasteiger partial charge in [-0.15, -0.1) is 0 Å². The SMILES string of the molecule is CC[C@H](C)[C@@H](NC(=O)OC(C)(C)C)C(=O)Oc1ccc2c(=O)c(-c3ccc(F)cc3)c(C)oc2c1. The number of nitrogens with one attached hydrogen (secondary N) is 1. The third-order valence-electron chi connectivity index (χ3n) is 5.53. The van der Waals surface area contributed by atoms with Gasteiger partial charge in [0.25, 0.3) is 0 Å². The van der Waals surface area contributed by atoms with Gasteiger partial charge < -0.3 is 19.2 Å². The summed E-state index contributed by atoms with van der Waals surface area (Å²) in [7, 11) is 0. The maximum atomic E-state index is 13.3. The number of amides is 1. The highest BCUT2D eigenvalue weighted by Crippen LogP contribution is 2.27.